The third-order valence-corrected chi connectivity index (χ3v) is 22.6. The van der Waals surface area contributed by atoms with Gasteiger partial charge < -0.3 is 24.8 Å². The summed E-state index contributed by atoms with van der Waals surface area (Å²) in [5.41, 5.74) is 16.1. The van der Waals surface area contributed by atoms with Gasteiger partial charge in [-0.2, -0.15) is 0 Å². The standard InChI is InChI=1S/2C21H21.C3H6.2ClH.Ti/c2*1-3-8-16(9-4-1)19-14-18-12-7-13-20(21(18)15-19)17-10-5-2-6-11-17;1-3-2;;;/h2*2,5-7,10-16H,1,3-4,8-9H2;1-3H2;2*1H;/q;;;;;+2/p-2. The van der Waals surface area contributed by atoms with Gasteiger partial charge in [0.2, 0.25) is 0 Å². The van der Waals surface area contributed by atoms with Crippen molar-refractivity contribution in [1.82, 2.24) is 0 Å². The number of allylic oxidation sites excluding steroid dienone is 2. The number of hydrogen-bond donors (Lipinski definition) is 0. The molecule has 9 rings (SSSR count). The van der Waals surface area contributed by atoms with E-state index in [1.807, 2.05) is 11.1 Å². The van der Waals surface area contributed by atoms with E-state index in [0.29, 0.717) is 8.45 Å². The van der Waals surface area contributed by atoms with Crippen molar-refractivity contribution in [3.63, 3.8) is 0 Å². The molecule has 0 nitrogen and oxygen atoms in total. The molecule has 1 aliphatic heterocycles. The molecule has 2 atom stereocenters. The SMILES string of the molecule is C1=C(C2CCCCC2)[CH]([Ti+2]2([CH]3C(C4CCCCC4)=Cc4c(-c5ccccc5)cccc43)[CH2]C[CH2]2)c2cccc(-c3ccccc3)c21.[Cl-].[Cl-]. The first-order valence-corrected chi connectivity index (χ1v) is 22.6. The maximum Gasteiger partial charge on any atom is -1.00 e. The number of rotatable bonds is 6. The fourth-order valence-corrected chi connectivity index (χ4v) is 20.7. The smallest absolute Gasteiger partial charge is 1.00 e. The van der Waals surface area contributed by atoms with E-state index in [4.69, 9.17) is 0 Å². The maximum absolute atomic E-state index is 2.78. The number of fused-ring (bicyclic) bond motifs is 2. The Balaban J connectivity index is 0.00000182. The molecule has 4 aromatic carbocycles. The molecular formula is C45H48Cl2Ti. The van der Waals surface area contributed by atoms with Crippen molar-refractivity contribution in [3.05, 3.63) is 130 Å². The molecule has 2 unspecified atom stereocenters. The average molecular weight is 708 g/mol. The van der Waals surface area contributed by atoms with Gasteiger partial charge in [-0.15, -0.1) is 0 Å². The largest absolute Gasteiger partial charge is 1.00 e. The zero-order valence-corrected chi connectivity index (χ0v) is 31.2. The van der Waals surface area contributed by atoms with E-state index < -0.39 is 16.6 Å². The fraction of sp³-hybridized carbons (Fsp3) is 0.378. The first-order chi connectivity index (χ1) is 22.8. The Hall–Kier alpha value is -2.35. The number of benzene rings is 4. The molecule has 4 aromatic rings. The molecule has 1 heterocycles. The molecule has 0 amide bonds. The molecule has 1 saturated heterocycles. The van der Waals surface area contributed by atoms with Crippen molar-refractivity contribution >= 4 is 12.2 Å². The van der Waals surface area contributed by atoms with Gasteiger partial charge in [0.15, 0.2) is 0 Å². The first kappa shape index (κ1) is 34.1. The Morgan fingerprint density at radius 3 is 1.21 bits per heavy atom. The minimum atomic E-state index is -2.60. The van der Waals surface area contributed by atoms with Crippen molar-refractivity contribution in [2.75, 3.05) is 0 Å². The van der Waals surface area contributed by atoms with Gasteiger partial charge in [-0.1, -0.05) is 0 Å². The molecule has 0 aromatic heterocycles. The summed E-state index contributed by atoms with van der Waals surface area (Å²) in [4.78, 5) is 0. The van der Waals surface area contributed by atoms with Crippen LogP contribution in [0.4, 0.5) is 0 Å². The Morgan fingerprint density at radius 2 is 0.833 bits per heavy atom. The summed E-state index contributed by atoms with van der Waals surface area (Å²) in [6.07, 6.45) is 21.1. The van der Waals surface area contributed by atoms with E-state index in [1.165, 1.54) is 102 Å². The third-order valence-electron chi connectivity index (χ3n) is 12.9. The normalized spacial score (nSPS) is 22.4. The average Bonchev–Trinajstić information content (AvgIpc) is 3.70. The van der Waals surface area contributed by atoms with Gasteiger partial charge >= 0.3 is 282 Å². The topological polar surface area (TPSA) is 0 Å². The van der Waals surface area contributed by atoms with Crippen LogP contribution in [0.3, 0.4) is 0 Å². The second-order valence-corrected chi connectivity index (χ2v) is 22.5. The second kappa shape index (κ2) is 14.5. The zero-order chi connectivity index (χ0) is 30.5. The van der Waals surface area contributed by atoms with E-state index in [1.54, 1.807) is 22.3 Å². The molecule has 4 aliphatic carbocycles. The molecule has 48 heavy (non-hydrogen) atoms. The first-order valence-electron chi connectivity index (χ1n) is 18.6. The van der Waals surface area contributed by atoms with Crippen molar-refractivity contribution < 1.29 is 41.4 Å². The summed E-state index contributed by atoms with van der Waals surface area (Å²) in [6, 6.07) is 37.4. The summed E-state index contributed by atoms with van der Waals surface area (Å²) in [5, 5.41) is 0. The van der Waals surface area contributed by atoms with Crippen molar-refractivity contribution in [2.24, 2.45) is 11.8 Å². The van der Waals surface area contributed by atoms with E-state index in [9.17, 15) is 0 Å². The number of halogens is 2. The molecule has 2 saturated carbocycles. The molecule has 0 bridgehead atoms. The summed E-state index contributed by atoms with van der Waals surface area (Å²) in [7, 11) is 0. The van der Waals surface area contributed by atoms with Crippen LogP contribution < -0.4 is 24.8 Å². The van der Waals surface area contributed by atoms with Gasteiger partial charge in [0.25, 0.3) is 0 Å². The van der Waals surface area contributed by atoms with Crippen LogP contribution in [0, 0.1) is 11.8 Å². The van der Waals surface area contributed by atoms with Crippen molar-refractivity contribution in [3.8, 4) is 22.3 Å². The third kappa shape index (κ3) is 5.74. The van der Waals surface area contributed by atoms with Gasteiger partial charge in [-0.05, 0) is 0 Å². The van der Waals surface area contributed by atoms with Crippen LogP contribution in [-0.2, 0) is 16.6 Å². The van der Waals surface area contributed by atoms with E-state index in [0.717, 1.165) is 11.8 Å². The van der Waals surface area contributed by atoms with E-state index in [2.05, 4.69) is 109 Å². The van der Waals surface area contributed by atoms with Gasteiger partial charge in [-0.25, -0.2) is 0 Å². The minimum Gasteiger partial charge on any atom is -1.00 e. The monoisotopic (exact) mass is 706 g/mol. The molecule has 3 fully saturated rings. The van der Waals surface area contributed by atoms with Crippen LogP contribution >= 0.6 is 0 Å². The van der Waals surface area contributed by atoms with E-state index >= 15 is 0 Å². The zero-order valence-electron chi connectivity index (χ0n) is 28.2. The maximum atomic E-state index is 2.78. The predicted molar refractivity (Wildman–Crippen MR) is 193 cm³/mol. The Bertz CT molecular complexity index is 1660. The van der Waals surface area contributed by atoms with Crippen LogP contribution in [0.15, 0.2) is 108 Å². The van der Waals surface area contributed by atoms with Crippen LogP contribution in [0.2, 0.25) is 9.45 Å². The molecule has 0 radical (unpaired) electrons. The predicted octanol–water partition coefficient (Wildman–Crippen LogP) is 7.16. The van der Waals surface area contributed by atoms with E-state index in [-0.39, 0.29) is 24.8 Å². The quantitative estimate of drug-likeness (QED) is 0.187. The second-order valence-electron chi connectivity index (χ2n) is 15.3. The van der Waals surface area contributed by atoms with Gasteiger partial charge in [0, 0.05) is 0 Å². The summed E-state index contributed by atoms with van der Waals surface area (Å²) < 4.78 is 4.48. The Kier molecular flexibility index (Phi) is 10.3. The van der Waals surface area contributed by atoms with Crippen LogP contribution in [0.25, 0.3) is 34.4 Å². The minimum absolute atomic E-state index is 0. The van der Waals surface area contributed by atoms with Crippen LogP contribution in [0.5, 0.6) is 0 Å². The van der Waals surface area contributed by atoms with Crippen LogP contribution in [0.1, 0.15) is 101 Å². The summed E-state index contributed by atoms with van der Waals surface area (Å²) in [5.74, 6) is 1.55. The molecular weight excluding hydrogens is 659 g/mol. The van der Waals surface area contributed by atoms with Crippen LogP contribution in [-0.4, -0.2) is 0 Å². The van der Waals surface area contributed by atoms with Gasteiger partial charge in [0.1, 0.15) is 0 Å². The summed E-state index contributed by atoms with van der Waals surface area (Å²) in [6.45, 7) is 0. The van der Waals surface area contributed by atoms with Crippen molar-refractivity contribution in [2.45, 2.75) is 88.5 Å². The van der Waals surface area contributed by atoms with Crippen molar-refractivity contribution in [1.29, 1.82) is 0 Å². The number of hydrogen-bond acceptors (Lipinski definition) is 0. The fourth-order valence-electron chi connectivity index (χ4n) is 10.8. The molecule has 5 aliphatic rings. The molecule has 3 heteroatoms. The molecule has 246 valence electrons. The van der Waals surface area contributed by atoms with Gasteiger partial charge in [-0.3, -0.25) is 0 Å². The Morgan fingerprint density at radius 1 is 0.417 bits per heavy atom. The molecule has 0 spiro atoms. The molecule has 0 N–H and O–H groups in total. The van der Waals surface area contributed by atoms with Gasteiger partial charge in [0.05, 0.1) is 0 Å². The Labute approximate surface area is 304 Å². The summed E-state index contributed by atoms with van der Waals surface area (Å²) >= 11 is -2.60.